The monoisotopic (exact) mass is 429 g/mol. The van der Waals surface area contributed by atoms with Crippen molar-refractivity contribution < 1.29 is 26.8 Å². The number of halogens is 2. The number of carbonyl (C=O) groups is 2. The fourth-order valence-corrected chi connectivity index (χ4v) is 4.85. The second kappa shape index (κ2) is 7.98. The van der Waals surface area contributed by atoms with E-state index in [0.29, 0.717) is 0 Å². The summed E-state index contributed by atoms with van der Waals surface area (Å²) in [5, 5.41) is 2.88. The van der Waals surface area contributed by atoms with Crippen LogP contribution in [0.15, 0.2) is 18.2 Å². The van der Waals surface area contributed by atoms with E-state index in [-0.39, 0.29) is 18.3 Å². The summed E-state index contributed by atoms with van der Waals surface area (Å²) >= 11 is 0. The molecule has 1 aromatic carbocycles. The highest BCUT2D eigenvalue weighted by atomic mass is 32.2. The molecule has 0 bridgehead atoms. The summed E-state index contributed by atoms with van der Waals surface area (Å²) in [6, 6.07) is 2.53. The molecule has 0 radical (unpaired) electrons. The molecule has 7 nitrogen and oxygen atoms in total. The normalized spacial score (nSPS) is 24.6. The molecule has 2 fully saturated rings. The van der Waals surface area contributed by atoms with E-state index in [1.807, 2.05) is 0 Å². The minimum absolute atomic E-state index is 0.101. The summed E-state index contributed by atoms with van der Waals surface area (Å²) in [5.74, 6) is -3.03. The molecule has 3 rings (SSSR count). The first-order valence-corrected chi connectivity index (χ1v) is 11.4. The van der Waals surface area contributed by atoms with Gasteiger partial charge in [0.2, 0.25) is 21.8 Å². The van der Waals surface area contributed by atoms with Crippen LogP contribution in [0.4, 0.5) is 14.5 Å². The molecule has 10 heteroatoms. The Labute approximate surface area is 169 Å². The third kappa shape index (κ3) is 4.42. The van der Waals surface area contributed by atoms with Crippen LogP contribution in [0.3, 0.4) is 0 Å². The van der Waals surface area contributed by atoms with E-state index in [0.717, 1.165) is 65.8 Å². The summed E-state index contributed by atoms with van der Waals surface area (Å²) in [5.41, 5.74) is -2.12. The van der Waals surface area contributed by atoms with Crippen molar-refractivity contribution in [1.29, 1.82) is 0 Å². The van der Waals surface area contributed by atoms with Gasteiger partial charge >= 0.3 is 0 Å². The van der Waals surface area contributed by atoms with Crippen molar-refractivity contribution in [1.82, 2.24) is 9.62 Å². The first-order chi connectivity index (χ1) is 13.5. The standard InChI is InChI=1S/C19H25F2N3O4S/c1-19(18(26)22-14-6-4-3-5-7-14)12-23(29(2,27)28)11-17(25)24(19)16-10-13(20)8-9-15(16)21/h8-10,14H,3-7,11-12H2,1-2H3,(H,22,26). The van der Waals surface area contributed by atoms with Gasteiger partial charge in [-0.1, -0.05) is 19.3 Å². The number of carbonyl (C=O) groups excluding carboxylic acids is 2. The van der Waals surface area contributed by atoms with Crippen LogP contribution >= 0.6 is 0 Å². The molecule has 1 aromatic rings. The van der Waals surface area contributed by atoms with E-state index >= 15 is 0 Å². The highest BCUT2D eigenvalue weighted by Crippen LogP contribution is 2.33. The number of nitrogens with one attached hydrogen (secondary N) is 1. The summed E-state index contributed by atoms with van der Waals surface area (Å²) < 4.78 is 53.4. The summed E-state index contributed by atoms with van der Waals surface area (Å²) in [6.07, 6.45) is 5.49. The van der Waals surface area contributed by atoms with Crippen LogP contribution in [0.5, 0.6) is 0 Å². The van der Waals surface area contributed by atoms with Crippen LogP contribution in [0, 0.1) is 11.6 Å². The fraction of sp³-hybridized carbons (Fsp3) is 0.579. The molecule has 1 aliphatic carbocycles. The van der Waals surface area contributed by atoms with Crippen molar-refractivity contribution in [2.75, 3.05) is 24.2 Å². The van der Waals surface area contributed by atoms with E-state index in [2.05, 4.69) is 5.32 Å². The van der Waals surface area contributed by atoms with Gasteiger partial charge in [-0.15, -0.1) is 0 Å². The number of hydrogen-bond acceptors (Lipinski definition) is 4. The van der Waals surface area contributed by atoms with Crippen molar-refractivity contribution in [2.24, 2.45) is 0 Å². The SMILES string of the molecule is CC1(C(=O)NC2CCCCC2)CN(S(C)(=O)=O)CC(=O)N1c1cc(F)ccc1F. The first kappa shape index (κ1) is 21.6. The molecule has 0 aromatic heterocycles. The van der Waals surface area contributed by atoms with E-state index in [1.165, 1.54) is 6.92 Å². The zero-order chi connectivity index (χ0) is 21.4. The number of nitrogens with zero attached hydrogens (tertiary/aromatic N) is 2. The van der Waals surface area contributed by atoms with E-state index in [1.54, 1.807) is 0 Å². The maximum absolute atomic E-state index is 14.5. The molecule has 1 aliphatic heterocycles. The number of benzene rings is 1. The van der Waals surface area contributed by atoms with Crippen LogP contribution in [0.1, 0.15) is 39.0 Å². The Hall–Kier alpha value is -2.07. The van der Waals surface area contributed by atoms with Gasteiger partial charge < -0.3 is 5.32 Å². The number of sulfonamides is 1. The average Bonchev–Trinajstić information content (AvgIpc) is 2.64. The molecule has 1 saturated carbocycles. The van der Waals surface area contributed by atoms with Gasteiger partial charge in [-0.05, 0) is 31.9 Å². The maximum atomic E-state index is 14.5. The Balaban J connectivity index is 2.02. The molecule has 1 N–H and O–H groups in total. The van der Waals surface area contributed by atoms with Crippen molar-refractivity contribution in [2.45, 2.75) is 50.6 Å². The lowest BCUT2D eigenvalue weighted by Gasteiger charge is -2.47. The Morgan fingerprint density at radius 3 is 2.48 bits per heavy atom. The molecule has 1 unspecified atom stereocenters. The first-order valence-electron chi connectivity index (χ1n) is 9.56. The number of piperazine rings is 1. The predicted molar refractivity (Wildman–Crippen MR) is 104 cm³/mol. The van der Waals surface area contributed by atoms with Gasteiger partial charge in [0.25, 0.3) is 0 Å². The van der Waals surface area contributed by atoms with Crippen molar-refractivity contribution in [3.63, 3.8) is 0 Å². The largest absolute Gasteiger partial charge is 0.351 e. The van der Waals surface area contributed by atoms with Gasteiger partial charge in [0.15, 0.2) is 0 Å². The second-order valence-corrected chi connectivity index (χ2v) is 9.92. The minimum atomic E-state index is -3.78. The molecule has 1 heterocycles. The van der Waals surface area contributed by atoms with E-state index in [9.17, 15) is 26.8 Å². The zero-order valence-electron chi connectivity index (χ0n) is 16.5. The highest BCUT2D eigenvalue weighted by molar-refractivity contribution is 7.88. The van der Waals surface area contributed by atoms with Gasteiger partial charge in [0, 0.05) is 18.7 Å². The molecule has 2 aliphatic rings. The average molecular weight is 429 g/mol. The second-order valence-electron chi connectivity index (χ2n) is 7.94. The minimum Gasteiger partial charge on any atom is -0.351 e. The molecular formula is C19H25F2N3O4S. The topological polar surface area (TPSA) is 86.8 Å². The number of amides is 2. The maximum Gasteiger partial charge on any atom is 0.247 e. The number of anilines is 1. The lowest BCUT2D eigenvalue weighted by atomic mass is 9.91. The van der Waals surface area contributed by atoms with Crippen molar-refractivity contribution >= 4 is 27.5 Å². The van der Waals surface area contributed by atoms with Gasteiger partial charge in [-0.2, -0.15) is 4.31 Å². The van der Waals surface area contributed by atoms with Crippen LogP contribution in [0.2, 0.25) is 0 Å². The highest BCUT2D eigenvalue weighted by Gasteiger charge is 2.51. The molecule has 1 atom stereocenters. The molecule has 29 heavy (non-hydrogen) atoms. The third-order valence-corrected chi connectivity index (χ3v) is 6.78. The van der Waals surface area contributed by atoms with Gasteiger partial charge in [-0.25, -0.2) is 17.2 Å². The smallest absolute Gasteiger partial charge is 0.247 e. The molecular weight excluding hydrogens is 404 g/mol. The predicted octanol–water partition coefficient (Wildman–Crippen LogP) is 1.78. The van der Waals surface area contributed by atoms with Crippen LogP contribution in [0.25, 0.3) is 0 Å². The molecule has 0 spiro atoms. The Bertz CT molecular complexity index is 918. The van der Waals surface area contributed by atoms with Gasteiger partial charge in [0.05, 0.1) is 18.5 Å². The van der Waals surface area contributed by atoms with E-state index in [4.69, 9.17) is 0 Å². The zero-order valence-corrected chi connectivity index (χ0v) is 17.3. The van der Waals surface area contributed by atoms with Gasteiger partial charge in [0.1, 0.15) is 17.2 Å². The summed E-state index contributed by atoms with van der Waals surface area (Å²) in [4.78, 5) is 27.0. The Morgan fingerprint density at radius 2 is 1.86 bits per heavy atom. The lowest BCUT2D eigenvalue weighted by molar-refractivity contribution is -0.133. The fourth-order valence-electron chi connectivity index (χ4n) is 4.02. The van der Waals surface area contributed by atoms with Crippen LogP contribution in [-0.4, -0.2) is 55.5 Å². The van der Waals surface area contributed by atoms with Gasteiger partial charge in [-0.3, -0.25) is 14.5 Å². The number of rotatable bonds is 4. The molecule has 160 valence electrons. The Kier molecular flexibility index (Phi) is 5.96. The molecule has 1 saturated heterocycles. The number of hydrogen-bond donors (Lipinski definition) is 1. The summed E-state index contributed by atoms with van der Waals surface area (Å²) in [7, 11) is -3.78. The Morgan fingerprint density at radius 1 is 1.21 bits per heavy atom. The summed E-state index contributed by atoms with van der Waals surface area (Å²) in [6.45, 7) is 0.470. The van der Waals surface area contributed by atoms with Crippen LogP contribution in [-0.2, 0) is 19.6 Å². The molecule has 2 amide bonds. The van der Waals surface area contributed by atoms with Crippen molar-refractivity contribution in [3.05, 3.63) is 29.8 Å². The van der Waals surface area contributed by atoms with Crippen molar-refractivity contribution in [3.8, 4) is 0 Å². The van der Waals surface area contributed by atoms with Crippen LogP contribution < -0.4 is 10.2 Å². The third-order valence-electron chi connectivity index (χ3n) is 5.59. The quantitative estimate of drug-likeness (QED) is 0.791. The van der Waals surface area contributed by atoms with E-state index < -0.39 is 45.6 Å². The lowest BCUT2D eigenvalue weighted by Crippen LogP contribution is -2.71.